The third-order valence-electron chi connectivity index (χ3n) is 7.84. The molecule has 3 rings (SSSR count). The summed E-state index contributed by atoms with van der Waals surface area (Å²) in [5.74, 6) is 3.34. The van der Waals surface area contributed by atoms with E-state index in [0.29, 0.717) is 5.92 Å². The Labute approximate surface area is 215 Å². The molecule has 0 N–H and O–H groups in total. The Balaban J connectivity index is 1.35. The Morgan fingerprint density at radius 2 is 1.26 bits per heavy atom. The van der Waals surface area contributed by atoms with E-state index in [9.17, 15) is 0 Å². The van der Waals surface area contributed by atoms with E-state index in [1.807, 2.05) is 0 Å². The van der Waals surface area contributed by atoms with Gasteiger partial charge in [0.15, 0.2) is 5.82 Å². The normalized spacial score (nSPS) is 18.0. The molecule has 0 bridgehead atoms. The highest BCUT2D eigenvalue weighted by molar-refractivity contribution is 5.56. The van der Waals surface area contributed by atoms with Crippen LogP contribution in [0, 0.1) is 5.92 Å². The first-order valence-corrected chi connectivity index (χ1v) is 14.8. The van der Waals surface area contributed by atoms with Gasteiger partial charge in [-0.25, -0.2) is 9.97 Å². The lowest BCUT2D eigenvalue weighted by molar-refractivity contribution is 0.301. The lowest BCUT2D eigenvalue weighted by atomic mass is 9.77. The van der Waals surface area contributed by atoms with Crippen LogP contribution in [0.4, 0.5) is 0 Å². The van der Waals surface area contributed by atoms with Crippen molar-refractivity contribution < 1.29 is 4.74 Å². The van der Waals surface area contributed by atoms with Gasteiger partial charge in [0, 0.05) is 18.0 Å². The van der Waals surface area contributed by atoms with Crippen molar-refractivity contribution >= 4 is 0 Å². The molecular formula is C32H50N2O. The number of hydrogen-bond acceptors (Lipinski definition) is 3. The van der Waals surface area contributed by atoms with E-state index < -0.39 is 0 Å². The summed E-state index contributed by atoms with van der Waals surface area (Å²) in [5.41, 5.74) is 2.39. The zero-order valence-electron chi connectivity index (χ0n) is 22.6. The molecule has 2 aromatic rings. The van der Waals surface area contributed by atoms with Crippen LogP contribution in [-0.4, -0.2) is 16.6 Å². The molecule has 0 atom stereocenters. The first-order valence-electron chi connectivity index (χ1n) is 14.8. The maximum atomic E-state index is 5.93. The highest BCUT2D eigenvalue weighted by atomic mass is 16.5. The van der Waals surface area contributed by atoms with Gasteiger partial charge >= 0.3 is 0 Å². The summed E-state index contributed by atoms with van der Waals surface area (Å²) < 4.78 is 5.93. The zero-order valence-corrected chi connectivity index (χ0v) is 22.6. The largest absolute Gasteiger partial charge is 0.494 e. The molecule has 1 heterocycles. The van der Waals surface area contributed by atoms with E-state index in [4.69, 9.17) is 14.7 Å². The van der Waals surface area contributed by atoms with Gasteiger partial charge < -0.3 is 4.74 Å². The van der Waals surface area contributed by atoms with Gasteiger partial charge in [-0.1, -0.05) is 90.9 Å². The van der Waals surface area contributed by atoms with Crippen LogP contribution in [-0.2, 0) is 0 Å². The van der Waals surface area contributed by atoms with Crippen molar-refractivity contribution in [1.82, 2.24) is 9.97 Å². The van der Waals surface area contributed by atoms with Crippen molar-refractivity contribution in [3.05, 3.63) is 42.2 Å². The van der Waals surface area contributed by atoms with E-state index in [0.717, 1.165) is 36.1 Å². The fourth-order valence-corrected chi connectivity index (χ4v) is 5.47. The minimum atomic E-state index is 0.641. The van der Waals surface area contributed by atoms with Crippen LogP contribution in [0.2, 0.25) is 0 Å². The molecule has 35 heavy (non-hydrogen) atoms. The zero-order chi connectivity index (χ0) is 24.6. The average molecular weight is 479 g/mol. The van der Waals surface area contributed by atoms with E-state index in [2.05, 4.69) is 50.5 Å². The molecule has 3 nitrogen and oxygen atoms in total. The van der Waals surface area contributed by atoms with Gasteiger partial charge in [-0.2, -0.15) is 0 Å². The van der Waals surface area contributed by atoms with Crippen LogP contribution in [0.5, 0.6) is 5.75 Å². The second-order valence-corrected chi connectivity index (χ2v) is 10.8. The number of benzene rings is 1. The Hall–Kier alpha value is -1.90. The van der Waals surface area contributed by atoms with Gasteiger partial charge in [-0.3, -0.25) is 0 Å². The predicted molar refractivity (Wildman–Crippen MR) is 149 cm³/mol. The second kappa shape index (κ2) is 16.7. The van der Waals surface area contributed by atoms with Crippen molar-refractivity contribution in [3.8, 4) is 17.1 Å². The number of ether oxygens (including phenoxy) is 1. The highest BCUT2D eigenvalue weighted by Crippen LogP contribution is 2.37. The molecule has 0 saturated heterocycles. The smallest absolute Gasteiger partial charge is 0.159 e. The summed E-state index contributed by atoms with van der Waals surface area (Å²) in [6, 6.07) is 8.27. The third kappa shape index (κ3) is 10.3. The van der Waals surface area contributed by atoms with Crippen LogP contribution in [0.1, 0.15) is 134 Å². The molecule has 194 valence electrons. The van der Waals surface area contributed by atoms with Crippen molar-refractivity contribution in [2.24, 2.45) is 5.92 Å². The average Bonchev–Trinajstić information content (AvgIpc) is 2.91. The van der Waals surface area contributed by atoms with Gasteiger partial charge in [0.25, 0.3) is 0 Å². The first kappa shape index (κ1) is 27.7. The minimum Gasteiger partial charge on any atom is -0.494 e. The molecule has 1 saturated carbocycles. The summed E-state index contributed by atoms with van der Waals surface area (Å²) in [5, 5.41) is 0. The molecule has 1 aromatic carbocycles. The van der Waals surface area contributed by atoms with Crippen molar-refractivity contribution in [3.63, 3.8) is 0 Å². The molecule has 0 unspecified atom stereocenters. The number of rotatable bonds is 17. The lowest BCUT2D eigenvalue weighted by Gasteiger charge is -2.28. The van der Waals surface area contributed by atoms with Crippen LogP contribution in [0.3, 0.4) is 0 Å². The summed E-state index contributed by atoms with van der Waals surface area (Å²) in [6.45, 7) is 5.36. The summed E-state index contributed by atoms with van der Waals surface area (Å²) in [7, 11) is 0. The Morgan fingerprint density at radius 1 is 0.686 bits per heavy atom. The second-order valence-electron chi connectivity index (χ2n) is 10.8. The SMILES string of the molecule is CCCCCCCCCOc1ccc(-c2ncc(C3CCC(CCCCCCC)CC3)cn2)cc1. The standard InChI is InChI=1S/C32H50N2O/c1-3-5-7-9-10-12-14-24-35-31-22-20-29(21-23-31)32-33-25-30(26-34-32)28-18-16-27(17-19-28)15-13-11-8-6-4-2/h20-23,25-28H,3-19,24H2,1-2H3. The molecule has 0 spiro atoms. The molecule has 0 amide bonds. The fourth-order valence-electron chi connectivity index (χ4n) is 5.47. The number of hydrogen-bond donors (Lipinski definition) is 0. The van der Waals surface area contributed by atoms with Crippen LogP contribution < -0.4 is 4.74 Å². The summed E-state index contributed by atoms with van der Waals surface area (Å²) in [6.07, 6.45) is 27.1. The van der Waals surface area contributed by atoms with E-state index in [1.54, 1.807) is 0 Å². The molecule has 1 fully saturated rings. The highest BCUT2D eigenvalue weighted by Gasteiger charge is 2.22. The predicted octanol–water partition coefficient (Wildman–Crippen LogP) is 9.91. The molecule has 3 heteroatoms. The van der Waals surface area contributed by atoms with Gasteiger partial charge in [0.2, 0.25) is 0 Å². The summed E-state index contributed by atoms with van der Waals surface area (Å²) >= 11 is 0. The van der Waals surface area contributed by atoms with E-state index in [1.165, 1.54) is 108 Å². The van der Waals surface area contributed by atoms with Crippen LogP contribution in [0.15, 0.2) is 36.7 Å². The lowest BCUT2D eigenvalue weighted by Crippen LogP contribution is -2.14. The van der Waals surface area contributed by atoms with Crippen molar-refractivity contribution in [2.45, 2.75) is 129 Å². The van der Waals surface area contributed by atoms with Crippen LogP contribution >= 0.6 is 0 Å². The van der Waals surface area contributed by atoms with Gasteiger partial charge in [-0.05, 0) is 73.8 Å². The molecule has 0 radical (unpaired) electrons. The van der Waals surface area contributed by atoms with Crippen molar-refractivity contribution in [1.29, 1.82) is 0 Å². The molecule has 1 aromatic heterocycles. The van der Waals surface area contributed by atoms with E-state index in [-0.39, 0.29) is 0 Å². The molecule has 1 aliphatic carbocycles. The van der Waals surface area contributed by atoms with Crippen LogP contribution in [0.25, 0.3) is 11.4 Å². The number of aromatic nitrogens is 2. The Morgan fingerprint density at radius 3 is 1.89 bits per heavy atom. The maximum Gasteiger partial charge on any atom is 0.159 e. The molecule has 0 aliphatic heterocycles. The minimum absolute atomic E-state index is 0.641. The fraction of sp³-hybridized carbons (Fsp3) is 0.688. The summed E-state index contributed by atoms with van der Waals surface area (Å²) in [4.78, 5) is 9.43. The maximum absolute atomic E-state index is 5.93. The van der Waals surface area contributed by atoms with Gasteiger partial charge in [0.05, 0.1) is 6.61 Å². The molecular weight excluding hydrogens is 428 g/mol. The molecule has 1 aliphatic rings. The number of unbranched alkanes of at least 4 members (excludes halogenated alkanes) is 10. The van der Waals surface area contributed by atoms with E-state index >= 15 is 0 Å². The Kier molecular flexibility index (Phi) is 13.2. The topological polar surface area (TPSA) is 35.0 Å². The monoisotopic (exact) mass is 478 g/mol. The van der Waals surface area contributed by atoms with Crippen molar-refractivity contribution in [2.75, 3.05) is 6.61 Å². The third-order valence-corrected chi connectivity index (χ3v) is 7.84. The van der Waals surface area contributed by atoms with Gasteiger partial charge in [0.1, 0.15) is 5.75 Å². The first-order chi connectivity index (χ1) is 17.3. The Bertz CT molecular complexity index is 778. The van der Waals surface area contributed by atoms with Gasteiger partial charge in [-0.15, -0.1) is 0 Å². The quantitative estimate of drug-likeness (QED) is 0.212. The number of nitrogens with zero attached hydrogens (tertiary/aromatic N) is 2.